The van der Waals surface area contributed by atoms with Crippen molar-refractivity contribution in [3.05, 3.63) is 16.5 Å². The first kappa shape index (κ1) is 13.2. The molecule has 1 atom stereocenters. The lowest BCUT2D eigenvalue weighted by molar-refractivity contribution is -0.140. The van der Waals surface area contributed by atoms with Crippen LogP contribution in [0.2, 0.25) is 4.34 Å². The average Bonchev–Trinajstić information content (AvgIpc) is 2.84. The third-order valence-corrected chi connectivity index (χ3v) is 6.97. The van der Waals surface area contributed by atoms with Crippen molar-refractivity contribution in [2.24, 2.45) is 0 Å². The Morgan fingerprint density at radius 1 is 1.53 bits per heavy atom. The topological polar surface area (TPSA) is 74.7 Å². The van der Waals surface area contributed by atoms with E-state index in [9.17, 15) is 13.2 Å². The minimum absolute atomic E-state index is 0.0799. The maximum absolute atomic E-state index is 12.2. The number of carbonyl (C=O) groups is 1. The number of thioether (sulfide) groups is 1. The molecule has 9 heteroatoms. The highest BCUT2D eigenvalue weighted by molar-refractivity contribution is 8.01. The van der Waals surface area contributed by atoms with Gasteiger partial charge in [-0.05, 0) is 12.1 Å². The molecule has 17 heavy (non-hydrogen) atoms. The number of carboxylic acid groups (broad SMARTS) is 1. The van der Waals surface area contributed by atoms with E-state index in [0.29, 0.717) is 4.34 Å². The number of hydrogen-bond donors (Lipinski definition) is 1. The van der Waals surface area contributed by atoms with E-state index in [4.69, 9.17) is 16.7 Å². The Kier molecular flexibility index (Phi) is 3.69. The second-order valence-corrected chi connectivity index (χ2v) is 8.14. The van der Waals surface area contributed by atoms with Gasteiger partial charge in [-0.25, -0.2) is 8.42 Å². The summed E-state index contributed by atoms with van der Waals surface area (Å²) >= 11 is 7.90. The van der Waals surface area contributed by atoms with Crippen LogP contribution in [0.25, 0.3) is 0 Å². The molecular formula is C8H8ClNO4S3. The molecular weight excluding hydrogens is 306 g/mol. The lowest BCUT2D eigenvalue weighted by Gasteiger charge is -2.18. The Balaban J connectivity index is 2.36. The van der Waals surface area contributed by atoms with Crippen molar-refractivity contribution >= 4 is 50.7 Å². The Morgan fingerprint density at radius 2 is 2.24 bits per heavy atom. The molecule has 1 N–H and O–H groups in total. The van der Waals surface area contributed by atoms with Gasteiger partial charge in [0.2, 0.25) is 0 Å². The summed E-state index contributed by atoms with van der Waals surface area (Å²) in [5, 5.41) is 8.96. The number of carboxylic acids is 1. The molecule has 0 aromatic carbocycles. The summed E-state index contributed by atoms with van der Waals surface area (Å²) in [6.45, 7) is 0. The highest BCUT2D eigenvalue weighted by Gasteiger charge is 2.40. The monoisotopic (exact) mass is 313 g/mol. The quantitative estimate of drug-likeness (QED) is 0.916. The van der Waals surface area contributed by atoms with Crippen LogP contribution in [0.1, 0.15) is 0 Å². The predicted octanol–water partition coefficient (Wildman–Crippen LogP) is 1.55. The Labute approximate surface area is 111 Å². The third kappa shape index (κ3) is 2.45. The molecule has 5 nitrogen and oxygen atoms in total. The molecule has 0 aliphatic carbocycles. The highest BCUT2D eigenvalue weighted by atomic mass is 35.5. The largest absolute Gasteiger partial charge is 0.480 e. The van der Waals surface area contributed by atoms with Crippen molar-refractivity contribution in [3.8, 4) is 0 Å². The molecule has 0 bridgehead atoms. The number of halogens is 1. The molecule has 0 amide bonds. The van der Waals surface area contributed by atoms with E-state index in [1.807, 2.05) is 0 Å². The zero-order chi connectivity index (χ0) is 12.6. The van der Waals surface area contributed by atoms with Gasteiger partial charge in [-0.2, -0.15) is 4.31 Å². The number of aliphatic carboxylic acids is 1. The van der Waals surface area contributed by atoms with Crippen molar-refractivity contribution in [2.75, 3.05) is 11.6 Å². The first-order valence-electron chi connectivity index (χ1n) is 4.50. The van der Waals surface area contributed by atoms with Crippen LogP contribution in [0.5, 0.6) is 0 Å². The lowest BCUT2D eigenvalue weighted by Crippen LogP contribution is -2.41. The minimum atomic E-state index is -3.75. The van der Waals surface area contributed by atoms with Crippen LogP contribution in [-0.2, 0) is 14.8 Å². The number of sulfonamides is 1. The van der Waals surface area contributed by atoms with E-state index < -0.39 is 22.0 Å². The van der Waals surface area contributed by atoms with Crippen molar-refractivity contribution < 1.29 is 18.3 Å². The minimum Gasteiger partial charge on any atom is -0.480 e. The summed E-state index contributed by atoms with van der Waals surface area (Å²) in [7, 11) is -3.75. The van der Waals surface area contributed by atoms with Crippen LogP contribution in [0.15, 0.2) is 16.3 Å². The summed E-state index contributed by atoms with van der Waals surface area (Å²) in [4.78, 5) is 11.0. The van der Waals surface area contributed by atoms with E-state index in [-0.39, 0.29) is 15.8 Å². The van der Waals surface area contributed by atoms with Gasteiger partial charge in [-0.3, -0.25) is 4.79 Å². The number of rotatable bonds is 3. The van der Waals surface area contributed by atoms with Crippen LogP contribution in [0.4, 0.5) is 0 Å². The summed E-state index contributed by atoms with van der Waals surface area (Å²) in [6, 6.07) is 1.88. The normalized spacial score (nSPS) is 21.8. The van der Waals surface area contributed by atoms with Crippen LogP contribution < -0.4 is 0 Å². The van der Waals surface area contributed by atoms with Crippen molar-refractivity contribution in [1.82, 2.24) is 4.31 Å². The molecule has 2 rings (SSSR count). The molecule has 0 unspecified atom stereocenters. The molecule has 0 saturated carbocycles. The smallest absolute Gasteiger partial charge is 0.322 e. The van der Waals surface area contributed by atoms with Crippen molar-refractivity contribution in [1.29, 1.82) is 0 Å². The van der Waals surface area contributed by atoms with Crippen LogP contribution in [0.3, 0.4) is 0 Å². The lowest BCUT2D eigenvalue weighted by atomic mass is 10.4. The van der Waals surface area contributed by atoms with Crippen LogP contribution in [0, 0.1) is 0 Å². The van der Waals surface area contributed by atoms with Gasteiger partial charge in [0.1, 0.15) is 10.3 Å². The zero-order valence-corrected chi connectivity index (χ0v) is 11.6. The van der Waals surface area contributed by atoms with E-state index in [2.05, 4.69) is 0 Å². The maximum atomic E-state index is 12.2. The Bertz CT molecular complexity index is 541. The molecule has 0 spiro atoms. The molecule has 1 aromatic heterocycles. The summed E-state index contributed by atoms with van der Waals surface area (Å²) in [5.74, 6) is -0.691. The Hall–Kier alpha value is -0.280. The SMILES string of the molecule is O=C(O)[C@@H]1CSCN1S(=O)(=O)c1ccc(Cl)s1. The van der Waals surface area contributed by atoms with Crippen molar-refractivity contribution in [2.45, 2.75) is 10.3 Å². The van der Waals surface area contributed by atoms with Gasteiger partial charge in [-0.15, -0.1) is 23.1 Å². The van der Waals surface area contributed by atoms with Gasteiger partial charge >= 0.3 is 5.97 Å². The predicted molar refractivity (Wildman–Crippen MR) is 67.1 cm³/mol. The first-order valence-corrected chi connectivity index (χ1v) is 8.29. The van der Waals surface area contributed by atoms with Crippen LogP contribution in [-0.4, -0.2) is 41.5 Å². The standard InChI is InChI=1S/C8H8ClNO4S3/c9-6-1-2-7(16-6)17(13,14)10-4-15-3-5(10)8(11)12/h1-2,5H,3-4H2,(H,11,12)/t5-/m0/s1. The molecule has 1 saturated heterocycles. The second-order valence-electron chi connectivity index (χ2n) is 3.30. The first-order chi connectivity index (χ1) is 7.93. The zero-order valence-electron chi connectivity index (χ0n) is 8.37. The molecule has 1 aliphatic rings. The number of hydrogen-bond acceptors (Lipinski definition) is 5. The van der Waals surface area contributed by atoms with E-state index in [1.165, 1.54) is 23.9 Å². The van der Waals surface area contributed by atoms with Gasteiger partial charge in [0.15, 0.2) is 0 Å². The molecule has 2 heterocycles. The summed E-state index contributed by atoms with van der Waals surface area (Å²) in [6.07, 6.45) is 0. The fourth-order valence-electron chi connectivity index (χ4n) is 1.41. The fraction of sp³-hybridized carbons (Fsp3) is 0.375. The Morgan fingerprint density at radius 3 is 2.76 bits per heavy atom. The van der Waals surface area contributed by atoms with E-state index in [0.717, 1.165) is 15.6 Å². The van der Waals surface area contributed by atoms with E-state index in [1.54, 1.807) is 0 Å². The van der Waals surface area contributed by atoms with Gasteiger partial charge in [0.25, 0.3) is 10.0 Å². The summed E-state index contributed by atoms with van der Waals surface area (Å²) < 4.78 is 25.8. The van der Waals surface area contributed by atoms with Gasteiger partial charge in [0, 0.05) is 5.75 Å². The second kappa shape index (κ2) is 4.77. The molecule has 1 fully saturated rings. The molecule has 1 aromatic rings. The average molecular weight is 314 g/mol. The van der Waals surface area contributed by atoms with Gasteiger partial charge in [-0.1, -0.05) is 11.6 Å². The highest BCUT2D eigenvalue weighted by Crippen LogP contribution is 2.33. The fourth-order valence-corrected chi connectivity index (χ4v) is 6.16. The molecule has 0 radical (unpaired) electrons. The van der Waals surface area contributed by atoms with E-state index >= 15 is 0 Å². The molecule has 1 aliphatic heterocycles. The van der Waals surface area contributed by atoms with Gasteiger partial charge < -0.3 is 5.11 Å². The summed E-state index contributed by atoms with van der Waals surface area (Å²) in [5.41, 5.74) is 0. The number of thiophene rings is 1. The van der Waals surface area contributed by atoms with Crippen LogP contribution >= 0.6 is 34.7 Å². The van der Waals surface area contributed by atoms with Gasteiger partial charge in [0.05, 0.1) is 10.2 Å². The van der Waals surface area contributed by atoms with Crippen molar-refractivity contribution in [3.63, 3.8) is 0 Å². The third-order valence-electron chi connectivity index (χ3n) is 2.24. The molecule has 94 valence electrons. The maximum Gasteiger partial charge on any atom is 0.322 e. The number of nitrogens with zero attached hydrogens (tertiary/aromatic N) is 1.